The number of phenolic OH excluding ortho intramolecular Hbond substituents is 1. The number of ether oxygens (including phenoxy) is 3. The van der Waals surface area contributed by atoms with E-state index in [1.54, 1.807) is 18.5 Å². The first-order valence-electron chi connectivity index (χ1n) is 13.4. The van der Waals surface area contributed by atoms with Crippen LogP contribution in [0.5, 0.6) is 17.2 Å². The van der Waals surface area contributed by atoms with E-state index in [1.165, 1.54) is 32.0 Å². The molecule has 1 aliphatic heterocycles. The van der Waals surface area contributed by atoms with Gasteiger partial charge in [0.1, 0.15) is 35.6 Å². The molecule has 2 heterocycles. The summed E-state index contributed by atoms with van der Waals surface area (Å²) in [7, 11) is 0. The average Bonchev–Trinajstić information content (AvgIpc) is 3.47. The van der Waals surface area contributed by atoms with Crippen LogP contribution in [0.15, 0.2) is 36.7 Å². The van der Waals surface area contributed by atoms with Crippen LogP contribution in [0.4, 0.5) is 0 Å². The fraction of sp³-hybridized carbons (Fsp3) is 0.367. The standard InChI is InChI=1S/C30H31NO11/c1-13-23(34)27(38)28(39)30(40-13)42-29-18(4-3-9-32)25(36)22-21(20(29)10-15-7-8-31-12-15)26(37)19-11-16(41-14(2)33)5-6-17(19)24(22)35/h5-8,11-13,23,27-28,30-32,34,36,38-39H,3-4,9-10H2,1-2H3/t13-,23+,27+,28+,30+/m0/s1. The van der Waals surface area contributed by atoms with Crippen LogP contribution in [0.1, 0.15) is 68.8 Å². The third-order valence-electron chi connectivity index (χ3n) is 7.49. The van der Waals surface area contributed by atoms with Crippen molar-refractivity contribution in [2.24, 2.45) is 0 Å². The summed E-state index contributed by atoms with van der Waals surface area (Å²) in [5.74, 6) is -2.44. The normalized spacial score (nSPS) is 23.3. The highest BCUT2D eigenvalue weighted by atomic mass is 16.7. The molecule has 12 nitrogen and oxygen atoms in total. The third-order valence-corrected chi connectivity index (χ3v) is 7.49. The number of aromatic amines is 1. The van der Waals surface area contributed by atoms with Crippen molar-refractivity contribution in [2.45, 2.75) is 63.8 Å². The number of fused-ring (bicyclic) bond motifs is 2. The Kier molecular flexibility index (Phi) is 8.17. The van der Waals surface area contributed by atoms with Gasteiger partial charge in [-0.2, -0.15) is 0 Å². The SMILES string of the molecule is CC(=O)Oc1ccc2c(c1)C(=O)c1c(Cc3cc[nH]c3)c(O[C@H]3O[C@@H](C)[C@@H](O)[C@@H](O)[C@H]3O)c(CCCO)c(O)c1C2=O. The Bertz CT molecular complexity index is 1530. The number of esters is 1. The molecule has 0 radical (unpaired) electrons. The van der Waals surface area contributed by atoms with Crippen LogP contribution >= 0.6 is 0 Å². The van der Waals surface area contributed by atoms with Crippen LogP contribution in [0.2, 0.25) is 0 Å². The molecule has 1 fully saturated rings. The van der Waals surface area contributed by atoms with Crippen LogP contribution in [-0.2, 0) is 22.4 Å². The summed E-state index contributed by atoms with van der Waals surface area (Å²) in [6, 6.07) is 5.75. The number of aliphatic hydroxyl groups is 4. The maximum absolute atomic E-state index is 14.1. The van der Waals surface area contributed by atoms with E-state index in [9.17, 15) is 39.9 Å². The molecule has 42 heavy (non-hydrogen) atoms. The summed E-state index contributed by atoms with van der Waals surface area (Å²) in [6.45, 7) is 2.42. The van der Waals surface area contributed by atoms with Crippen LogP contribution in [0.3, 0.4) is 0 Å². The molecular formula is C30H31NO11. The molecule has 0 saturated carbocycles. The molecule has 2 aromatic carbocycles. The molecule has 3 aromatic rings. The Labute approximate surface area is 240 Å². The molecule has 1 saturated heterocycles. The van der Waals surface area contributed by atoms with E-state index in [1.807, 2.05) is 0 Å². The Balaban J connectivity index is 1.74. The van der Waals surface area contributed by atoms with Crippen molar-refractivity contribution in [3.63, 3.8) is 0 Å². The van der Waals surface area contributed by atoms with Gasteiger partial charge in [-0.3, -0.25) is 14.4 Å². The summed E-state index contributed by atoms with van der Waals surface area (Å²) in [5, 5.41) is 52.4. The van der Waals surface area contributed by atoms with Crippen molar-refractivity contribution in [1.29, 1.82) is 0 Å². The van der Waals surface area contributed by atoms with E-state index in [-0.39, 0.29) is 70.7 Å². The van der Waals surface area contributed by atoms with Gasteiger partial charge in [0.05, 0.1) is 11.7 Å². The summed E-state index contributed by atoms with van der Waals surface area (Å²) < 4.78 is 16.9. The monoisotopic (exact) mass is 581 g/mol. The highest BCUT2D eigenvalue weighted by Crippen LogP contribution is 2.46. The Morgan fingerprint density at radius 1 is 1.00 bits per heavy atom. The van der Waals surface area contributed by atoms with Gasteiger partial charge in [-0.25, -0.2) is 0 Å². The van der Waals surface area contributed by atoms with Gasteiger partial charge < -0.3 is 44.7 Å². The first-order chi connectivity index (χ1) is 20.0. The number of hydrogen-bond acceptors (Lipinski definition) is 11. The number of hydrogen-bond donors (Lipinski definition) is 6. The van der Waals surface area contributed by atoms with E-state index < -0.39 is 54.0 Å². The van der Waals surface area contributed by atoms with Crippen molar-refractivity contribution >= 4 is 17.5 Å². The van der Waals surface area contributed by atoms with Gasteiger partial charge in [0.2, 0.25) is 6.29 Å². The van der Waals surface area contributed by atoms with Crippen LogP contribution < -0.4 is 9.47 Å². The lowest BCUT2D eigenvalue weighted by Crippen LogP contribution is -2.58. The predicted molar refractivity (Wildman–Crippen MR) is 145 cm³/mol. The first-order valence-corrected chi connectivity index (χ1v) is 13.4. The van der Waals surface area contributed by atoms with Crippen molar-refractivity contribution in [3.8, 4) is 17.2 Å². The molecule has 2 aliphatic rings. The van der Waals surface area contributed by atoms with E-state index in [2.05, 4.69) is 4.98 Å². The van der Waals surface area contributed by atoms with Gasteiger partial charge in [-0.05, 0) is 49.6 Å². The minimum absolute atomic E-state index is 0.00467. The molecule has 12 heteroatoms. The van der Waals surface area contributed by atoms with Gasteiger partial charge >= 0.3 is 5.97 Å². The number of rotatable bonds is 8. The topological polar surface area (TPSA) is 196 Å². The van der Waals surface area contributed by atoms with Gasteiger partial charge in [-0.1, -0.05) is 0 Å². The van der Waals surface area contributed by atoms with Crippen LogP contribution in [-0.4, -0.2) is 85.4 Å². The first kappa shape index (κ1) is 29.4. The quantitative estimate of drug-likeness (QED) is 0.129. The number of benzene rings is 2. The minimum Gasteiger partial charge on any atom is -0.507 e. The highest BCUT2D eigenvalue weighted by molar-refractivity contribution is 6.30. The second-order valence-corrected chi connectivity index (χ2v) is 10.4. The number of nitrogens with one attached hydrogen (secondary N) is 1. The van der Waals surface area contributed by atoms with E-state index in [0.717, 1.165) is 0 Å². The van der Waals surface area contributed by atoms with Crippen molar-refractivity contribution in [3.05, 3.63) is 75.6 Å². The van der Waals surface area contributed by atoms with Crippen LogP contribution in [0, 0.1) is 0 Å². The number of H-pyrrole nitrogens is 1. The number of carbonyl (C=O) groups excluding carboxylic acids is 3. The largest absolute Gasteiger partial charge is 0.507 e. The van der Waals surface area contributed by atoms with Gasteiger partial charge in [0, 0.05) is 60.2 Å². The lowest BCUT2D eigenvalue weighted by molar-refractivity contribution is -0.268. The molecule has 5 rings (SSSR count). The smallest absolute Gasteiger partial charge is 0.308 e. The maximum atomic E-state index is 14.1. The zero-order valence-electron chi connectivity index (χ0n) is 22.9. The number of aromatic nitrogens is 1. The second-order valence-electron chi connectivity index (χ2n) is 10.4. The summed E-state index contributed by atoms with van der Waals surface area (Å²) in [5.41, 5.74) is 0.552. The summed E-state index contributed by atoms with van der Waals surface area (Å²) in [4.78, 5) is 42.4. The molecule has 5 atom stereocenters. The van der Waals surface area contributed by atoms with Crippen LogP contribution in [0.25, 0.3) is 0 Å². The highest BCUT2D eigenvalue weighted by Gasteiger charge is 2.45. The number of carbonyl (C=O) groups is 3. The van der Waals surface area contributed by atoms with E-state index in [4.69, 9.17) is 14.2 Å². The predicted octanol–water partition coefficient (Wildman–Crippen LogP) is 1.14. The molecule has 0 spiro atoms. The zero-order chi connectivity index (χ0) is 30.3. The lowest BCUT2D eigenvalue weighted by atomic mass is 9.78. The fourth-order valence-electron chi connectivity index (χ4n) is 5.40. The molecular weight excluding hydrogens is 550 g/mol. The molecule has 0 unspecified atom stereocenters. The Morgan fingerprint density at radius 2 is 1.74 bits per heavy atom. The third kappa shape index (κ3) is 5.19. The number of ketones is 2. The average molecular weight is 582 g/mol. The maximum Gasteiger partial charge on any atom is 0.308 e. The summed E-state index contributed by atoms with van der Waals surface area (Å²) in [6.07, 6.45) is -3.63. The lowest BCUT2D eigenvalue weighted by Gasteiger charge is -2.39. The van der Waals surface area contributed by atoms with Gasteiger partial charge in [-0.15, -0.1) is 0 Å². The van der Waals surface area contributed by atoms with Gasteiger partial charge in [0.25, 0.3) is 0 Å². The molecule has 0 bridgehead atoms. The summed E-state index contributed by atoms with van der Waals surface area (Å²) >= 11 is 0. The van der Waals surface area contributed by atoms with E-state index in [0.29, 0.717) is 5.56 Å². The fourth-order valence-corrected chi connectivity index (χ4v) is 5.40. The second kappa shape index (κ2) is 11.7. The zero-order valence-corrected chi connectivity index (χ0v) is 22.9. The minimum atomic E-state index is -1.70. The van der Waals surface area contributed by atoms with Gasteiger partial charge in [0.15, 0.2) is 11.6 Å². The number of aromatic hydroxyl groups is 1. The van der Waals surface area contributed by atoms with E-state index >= 15 is 0 Å². The van der Waals surface area contributed by atoms with Crippen molar-refractivity contribution in [1.82, 2.24) is 4.98 Å². The molecule has 1 aromatic heterocycles. The molecule has 6 N–H and O–H groups in total. The molecule has 0 amide bonds. The van der Waals surface area contributed by atoms with Crippen molar-refractivity contribution < 1.29 is 54.1 Å². The molecule has 1 aliphatic carbocycles. The molecule has 222 valence electrons. The number of phenols is 1. The Morgan fingerprint density at radius 3 is 2.40 bits per heavy atom. The number of aliphatic hydroxyl groups excluding tert-OH is 4. The Hall–Kier alpha value is -4.07. The van der Waals surface area contributed by atoms with Crippen molar-refractivity contribution in [2.75, 3.05) is 6.61 Å².